The lowest BCUT2D eigenvalue weighted by molar-refractivity contribution is -0.164. The van der Waals surface area contributed by atoms with Gasteiger partial charge in [0.2, 0.25) is 16.1 Å². The number of benzene rings is 1. The van der Waals surface area contributed by atoms with E-state index in [9.17, 15) is 18.0 Å². The van der Waals surface area contributed by atoms with Gasteiger partial charge in [-0.2, -0.15) is 4.31 Å². The Kier molecular flexibility index (Phi) is 5.82. The summed E-state index contributed by atoms with van der Waals surface area (Å²) in [6.07, 6.45) is 0.309. The average Bonchev–Trinajstić information content (AvgIpc) is 3.05. The van der Waals surface area contributed by atoms with Crippen LogP contribution in [0.15, 0.2) is 11.0 Å². The molecule has 2 saturated heterocycles. The van der Waals surface area contributed by atoms with Crippen LogP contribution in [0.4, 0.5) is 0 Å². The maximum absolute atomic E-state index is 13.3. The molecule has 28 heavy (non-hydrogen) atoms. The van der Waals surface area contributed by atoms with Crippen molar-refractivity contribution in [2.75, 3.05) is 19.7 Å². The minimum absolute atomic E-state index is 0.253. The number of carbonyl (C=O) groups excluding carboxylic acids is 2. The molecule has 0 bridgehead atoms. The van der Waals surface area contributed by atoms with E-state index in [2.05, 4.69) is 0 Å². The van der Waals surface area contributed by atoms with Crippen LogP contribution in [0.2, 0.25) is 0 Å². The lowest BCUT2D eigenvalue weighted by atomic mass is 9.98. The van der Waals surface area contributed by atoms with Crippen LogP contribution in [0.25, 0.3) is 0 Å². The highest BCUT2D eigenvalue weighted by atomic mass is 32.2. The Bertz CT molecular complexity index is 874. The SMILES string of the molecule is Cc1cc(C)c(C)c(S(=O)(=O)N2CCC(C(=O)O[C@H]3CCOC3=O)CC2)c1C. The van der Waals surface area contributed by atoms with E-state index < -0.39 is 34.0 Å². The molecule has 0 saturated carbocycles. The Morgan fingerprint density at radius 3 is 2.14 bits per heavy atom. The highest BCUT2D eigenvalue weighted by molar-refractivity contribution is 7.89. The van der Waals surface area contributed by atoms with E-state index in [1.807, 2.05) is 33.8 Å². The number of hydrogen-bond donors (Lipinski definition) is 0. The van der Waals surface area contributed by atoms with E-state index in [0.29, 0.717) is 24.2 Å². The van der Waals surface area contributed by atoms with E-state index in [4.69, 9.17) is 9.47 Å². The Hall–Kier alpha value is -1.93. The molecule has 1 atom stereocenters. The van der Waals surface area contributed by atoms with Gasteiger partial charge in [-0.05, 0) is 62.8 Å². The predicted molar refractivity (Wildman–Crippen MR) is 102 cm³/mol. The van der Waals surface area contributed by atoms with Gasteiger partial charge in [0.15, 0.2) is 0 Å². The smallest absolute Gasteiger partial charge is 0.347 e. The van der Waals surface area contributed by atoms with Gasteiger partial charge in [0, 0.05) is 19.5 Å². The van der Waals surface area contributed by atoms with Gasteiger partial charge in [-0.1, -0.05) is 6.07 Å². The first-order valence-electron chi connectivity index (χ1n) is 9.57. The standard InChI is InChI=1S/C20H27NO6S/c1-12-11-13(2)15(4)18(14(12)3)28(24,25)21-8-5-16(6-9-21)19(22)27-17-7-10-26-20(17)23/h11,16-17H,5-10H2,1-4H3/t17-/m0/s1. The molecule has 0 N–H and O–H groups in total. The maximum Gasteiger partial charge on any atom is 0.347 e. The minimum Gasteiger partial charge on any atom is -0.463 e. The largest absolute Gasteiger partial charge is 0.463 e. The molecule has 0 amide bonds. The summed E-state index contributed by atoms with van der Waals surface area (Å²) in [5.74, 6) is -1.35. The first kappa shape index (κ1) is 20.8. The fourth-order valence-electron chi connectivity index (χ4n) is 3.85. The third-order valence-corrected chi connectivity index (χ3v) is 8.00. The van der Waals surface area contributed by atoms with Crippen LogP contribution in [0.1, 0.15) is 41.5 Å². The van der Waals surface area contributed by atoms with E-state index in [-0.39, 0.29) is 19.7 Å². The van der Waals surface area contributed by atoms with Crippen LogP contribution in [0.3, 0.4) is 0 Å². The summed E-state index contributed by atoms with van der Waals surface area (Å²) < 4.78 is 38.1. The molecule has 7 nitrogen and oxygen atoms in total. The van der Waals surface area contributed by atoms with Crippen LogP contribution in [0, 0.1) is 33.6 Å². The van der Waals surface area contributed by atoms with Gasteiger partial charge in [-0.15, -0.1) is 0 Å². The van der Waals surface area contributed by atoms with Gasteiger partial charge in [0.05, 0.1) is 17.4 Å². The van der Waals surface area contributed by atoms with Gasteiger partial charge in [0.1, 0.15) is 0 Å². The molecule has 2 heterocycles. The molecule has 0 aliphatic carbocycles. The van der Waals surface area contributed by atoms with E-state index in [1.54, 1.807) is 0 Å². The Morgan fingerprint density at radius 1 is 1.07 bits per heavy atom. The first-order valence-corrected chi connectivity index (χ1v) is 11.0. The number of nitrogens with zero attached hydrogens (tertiary/aromatic N) is 1. The highest BCUT2D eigenvalue weighted by Crippen LogP contribution is 2.31. The van der Waals surface area contributed by atoms with Gasteiger partial charge in [0.25, 0.3) is 0 Å². The van der Waals surface area contributed by atoms with Gasteiger partial charge < -0.3 is 9.47 Å². The topological polar surface area (TPSA) is 90.0 Å². The van der Waals surface area contributed by atoms with Crippen molar-refractivity contribution in [2.45, 2.75) is 58.0 Å². The van der Waals surface area contributed by atoms with Gasteiger partial charge in [-0.3, -0.25) is 4.79 Å². The van der Waals surface area contributed by atoms with E-state index >= 15 is 0 Å². The minimum atomic E-state index is -3.64. The molecular weight excluding hydrogens is 382 g/mol. The zero-order chi connectivity index (χ0) is 20.6. The van der Waals surface area contributed by atoms with Crippen molar-refractivity contribution in [3.05, 3.63) is 28.3 Å². The Labute approximate surface area is 166 Å². The van der Waals surface area contributed by atoms with Crippen molar-refractivity contribution < 1.29 is 27.5 Å². The summed E-state index contributed by atoms with van der Waals surface area (Å²) in [6, 6.07) is 2.00. The molecule has 3 rings (SSSR count). The van der Waals surface area contributed by atoms with Crippen molar-refractivity contribution in [3.8, 4) is 0 Å². The first-order chi connectivity index (χ1) is 13.1. The number of aryl methyl sites for hydroxylation is 2. The Balaban J connectivity index is 1.71. The lowest BCUT2D eigenvalue weighted by Crippen LogP contribution is -2.41. The number of piperidine rings is 1. The maximum atomic E-state index is 13.3. The van der Waals surface area contributed by atoms with Crippen molar-refractivity contribution in [3.63, 3.8) is 0 Å². The van der Waals surface area contributed by atoms with Crippen LogP contribution in [-0.2, 0) is 29.1 Å². The lowest BCUT2D eigenvalue weighted by Gasteiger charge is -2.31. The zero-order valence-electron chi connectivity index (χ0n) is 16.8. The predicted octanol–water partition coefficient (Wildman–Crippen LogP) is 2.18. The van der Waals surface area contributed by atoms with E-state index in [0.717, 1.165) is 22.3 Å². The highest BCUT2D eigenvalue weighted by Gasteiger charge is 2.37. The molecule has 1 aromatic rings. The zero-order valence-corrected chi connectivity index (χ0v) is 17.6. The molecule has 2 aliphatic rings. The van der Waals surface area contributed by atoms with E-state index in [1.165, 1.54) is 4.31 Å². The molecule has 0 unspecified atom stereocenters. The van der Waals surface area contributed by atoms with Crippen LogP contribution in [0.5, 0.6) is 0 Å². The summed E-state index contributed by atoms with van der Waals surface area (Å²) in [6.45, 7) is 8.27. The molecule has 0 radical (unpaired) electrons. The number of ether oxygens (including phenoxy) is 2. The van der Waals surface area contributed by atoms with Crippen LogP contribution >= 0.6 is 0 Å². The quantitative estimate of drug-likeness (QED) is 0.708. The van der Waals surface area contributed by atoms with Crippen molar-refractivity contribution in [2.24, 2.45) is 5.92 Å². The van der Waals surface area contributed by atoms with Crippen molar-refractivity contribution >= 4 is 22.0 Å². The Morgan fingerprint density at radius 2 is 1.64 bits per heavy atom. The number of cyclic esters (lactones) is 1. The van der Waals surface area contributed by atoms with Gasteiger partial charge >= 0.3 is 11.9 Å². The molecule has 2 aliphatic heterocycles. The normalized spacial score (nSPS) is 21.6. The summed E-state index contributed by atoms with van der Waals surface area (Å²) >= 11 is 0. The average molecular weight is 410 g/mol. The van der Waals surface area contributed by atoms with Crippen molar-refractivity contribution in [1.29, 1.82) is 0 Å². The molecular formula is C20H27NO6S. The second-order valence-corrected chi connectivity index (χ2v) is 9.52. The summed E-state index contributed by atoms with van der Waals surface area (Å²) in [5, 5.41) is 0. The molecule has 0 aromatic heterocycles. The molecule has 8 heteroatoms. The second kappa shape index (κ2) is 7.83. The second-order valence-electron chi connectivity index (χ2n) is 7.65. The number of hydrogen-bond acceptors (Lipinski definition) is 6. The number of esters is 2. The fourth-order valence-corrected chi connectivity index (χ4v) is 5.89. The monoisotopic (exact) mass is 409 g/mol. The molecule has 154 valence electrons. The molecule has 0 spiro atoms. The van der Waals surface area contributed by atoms with Crippen molar-refractivity contribution in [1.82, 2.24) is 4.31 Å². The molecule has 1 aromatic carbocycles. The van der Waals surface area contributed by atoms with Crippen LogP contribution < -0.4 is 0 Å². The number of carbonyl (C=O) groups is 2. The number of rotatable bonds is 4. The molecule has 2 fully saturated rings. The fraction of sp³-hybridized carbons (Fsp3) is 0.600. The third-order valence-electron chi connectivity index (χ3n) is 5.83. The summed E-state index contributed by atoms with van der Waals surface area (Å²) in [5.41, 5.74) is 3.43. The third kappa shape index (κ3) is 3.80. The summed E-state index contributed by atoms with van der Waals surface area (Å²) in [7, 11) is -3.64. The van der Waals surface area contributed by atoms with Crippen LogP contribution in [-0.4, -0.2) is 50.5 Å². The summed E-state index contributed by atoms with van der Waals surface area (Å²) in [4.78, 5) is 24.2. The number of sulfonamides is 1. The van der Waals surface area contributed by atoms with Gasteiger partial charge in [-0.25, -0.2) is 13.2 Å².